The Morgan fingerprint density at radius 1 is 0.549 bits per heavy atom. The van der Waals surface area contributed by atoms with Crippen LogP contribution in [0.4, 0.5) is 21.8 Å². The largest absolute Gasteiger partial charge is 0.508 e. The van der Waals surface area contributed by atoms with Gasteiger partial charge in [0, 0.05) is 167 Å². The Morgan fingerprint density at radius 3 is 1.70 bits per heavy atom. The van der Waals surface area contributed by atoms with Crippen molar-refractivity contribution >= 4 is 74.2 Å². The molecule has 2 N–H and O–H groups in total. The van der Waals surface area contributed by atoms with Crippen molar-refractivity contribution in [2.24, 2.45) is 0 Å². The molecule has 688 valence electrons. The molecule has 12 heterocycles. The Hall–Kier alpha value is -12.9. The molecule has 0 spiro atoms. The van der Waals surface area contributed by atoms with Crippen molar-refractivity contribution in [3.8, 4) is 53.5 Å². The van der Waals surface area contributed by atoms with E-state index in [9.17, 15) is 49.6 Å². The lowest BCUT2D eigenvalue weighted by molar-refractivity contribution is -0.129. The van der Waals surface area contributed by atoms with Gasteiger partial charge in [-0.2, -0.15) is 45.7 Å². The summed E-state index contributed by atoms with van der Waals surface area (Å²) in [4.78, 5) is 107. The first-order valence-corrected chi connectivity index (χ1v) is 46.6. The molecule has 20 rings (SSSR count). The van der Waals surface area contributed by atoms with Crippen molar-refractivity contribution in [2.75, 3.05) is 114 Å². The van der Waals surface area contributed by atoms with Gasteiger partial charge in [0.1, 0.15) is 42.4 Å². The number of carbonyl (C=O) groups is 4. The second-order valence-corrected chi connectivity index (χ2v) is 37.5. The maximum atomic E-state index is 14.1. The van der Waals surface area contributed by atoms with E-state index in [1.165, 1.54) is 40.8 Å². The van der Waals surface area contributed by atoms with Crippen LogP contribution >= 0.6 is 11.6 Å². The highest BCUT2D eigenvalue weighted by atomic mass is 35.5. The number of nitriles is 3. The molecular weight excluding hydrogens is 1710 g/mol. The van der Waals surface area contributed by atoms with Crippen LogP contribution in [-0.4, -0.2) is 237 Å². The summed E-state index contributed by atoms with van der Waals surface area (Å²) in [6.07, 6.45) is 12.4. The van der Waals surface area contributed by atoms with Crippen molar-refractivity contribution in [3.63, 3.8) is 0 Å². The SMILES string of the molecule is C=CC(=O)N1CCN(c2nc(OCN3CCCC3C)nc3c2CN(C2CCc4cc(F)c(O)cc42)C3)C[C@@H]1CC#N.C=CC(=O)N1CCN(c2nc(OCN3CCCC3C)nc3c2CN(C2Cc4cccc5cc(O)cc2c45)C3(C)C)C[C@@H]1CC#N.C=CC(=O)N1CCN(c2nc(Oc3cccc4c3CCN(C)C4)nc3c2CN(C(=O)c2cccc4cccc(Cl)c24)C3)C[C@@H]1CC#N. The molecule has 5 saturated heterocycles. The van der Waals surface area contributed by atoms with Gasteiger partial charge < -0.3 is 63.6 Å². The van der Waals surface area contributed by atoms with E-state index in [0.29, 0.717) is 145 Å². The highest BCUT2D eigenvalue weighted by Crippen LogP contribution is 2.53. The van der Waals surface area contributed by atoms with Crippen LogP contribution in [0.1, 0.15) is 169 Å². The van der Waals surface area contributed by atoms with Gasteiger partial charge in [0.2, 0.25) is 17.7 Å². The van der Waals surface area contributed by atoms with Crippen molar-refractivity contribution in [1.82, 2.24) is 74.0 Å². The number of benzene rings is 6. The van der Waals surface area contributed by atoms with Crippen LogP contribution < -0.4 is 28.9 Å². The molecule has 0 radical (unpaired) electrons. The summed E-state index contributed by atoms with van der Waals surface area (Å²) < 4.78 is 33.0. The molecule has 32 heteroatoms. The number of fused-ring (bicyclic) bond motifs is 6. The van der Waals surface area contributed by atoms with Gasteiger partial charge in [-0.25, -0.2) is 4.39 Å². The lowest BCUT2D eigenvalue weighted by atomic mass is 9.96. The van der Waals surface area contributed by atoms with Gasteiger partial charge in [-0.1, -0.05) is 85.9 Å². The van der Waals surface area contributed by atoms with Crippen LogP contribution in [-0.2, 0) is 78.5 Å². The smallest absolute Gasteiger partial charge is 0.324 e. The van der Waals surface area contributed by atoms with E-state index in [-0.39, 0.29) is 97.2 Å². The minimum Gasteiger partial charge on any atom is -0.508 e. The highest BCUT2D eigenvalue weighted by molar-refractivity contribution is 6.37. The Labute approximate surface area is 778 Å². The number of hydrogen-bond donors (Lipinski definition) is 2. The molecule has 4 amide bonds. The van der Waals surface area contributed by atoms with Crippen LogP contribution in [0.2, 0.25) is 5.02 Å². The van der Waals surface area contributed by atoms with Gasteiger partial charge in [-0.15, -0.1) is 0 Å². The zero-order valence-corrected chi connectivity index (χ0v) is 76.7. The zero-order valence-electron chi connectivity index (χ0n) is 76.0. The fraction of sp³-hybridized carbons (Fsp3) is 0.436. The number of halogens is 2. The van der Waals surface area contributed by atoms with Gasteiger partial charge >= 0.3 is 18.0 Å². The summed E-state index contributed by atoms with van der Waals surface area (Å²) in [5.74, 6) is 1.64. The predicted octanol–water partition coefficient (Wildman–Crippen LogP) is 13.2. The number of ether oxygens (including phenoxy) is 3. The third kappa shape index (κ3) is 18.0. The number of nitrogens with zero attached hydrogens (tertiary/aromatic N) is 21. The predicted molar refractivity (Wildman–Crippen MR) is 500 cm³/mol. The number of aryl methyl sites for hydroxylation is 1. The standard InChI is InChI=1S/C36H34ClN7O3.C35H41N7O3.C30H36FN7O3/c1-3-32(45)44-18-17-42(20-25(44)13-15-38)34-28-21-43(35(46)27-10-4-7-23-8-5-11-29(37)33(23)27)22-30(28)39-36(40-34)47-31-12-6-9-24-19-41(2)16-14-26(24)31;1-5-30(44)41-15-14-39(19-25(41)11-12-36)33-28-20-42(29-17-24-10-6-9-23-16-26(43)18-27(29)31(23)24)35(3,4)32(28)37-34(38-33)45-21-40-13-7-8-22(40)2;1-3-28(40)38-12-11-35(15-21(38)8-9-32)29-23-16-37(26-7-6-20-13-24(31)27(39)14-22(20)26)17-25(23)33-30(34-29)41-18-36-10-4-5-19(36)2/h3-12,25H,1,13-14,16-22H2,2H3;5-6,9-10,16,18,22,25,29,43H,1,7-8,11,13-15,17,19-21H2,2-4H3;3,13-14,19,21,26,39H,1,4-8,10-12,15-18H2,2H3/t25-;22?,25-,29?;19?,21-,26?/m000/s1. The first-order valence-electron chi connectivity index (χ1n) is 46.2. The number of likely N-dealkylation sites (N-methyl/N-ethyl adjacent to an activating group) is 1. The molecule has 4 unspecified atom stereocenters. The van der Waals surface area contributed by atoms with E-state index in [1.54, 1.807) is 37.8 Å². The molecule has 11 aliphatic rings. The number of likely N-dealkylation sites (tertiary alicyclic amines) is 2. The third-order valence-corrected chi connectivity index (χ3v) is 29.1. The van der Waals surface area contributed by atoms with Gasteiger partial charge in [-0.3, -0.25) is 38.8 Å². The van der Waals surface area contributed by atoms with Crippen molar-refractivity contribution in [1.29, 1.82) is 15.8 Å². The van der Waals surface area contributed by atoms with Gasteiger partial charge in [-0.05, 0) is 191 Å². The molecule has 2 aliphatic carbocycles. The molecule has 0 saturated carbocycles. The number of amides is 4. The Kier molecular flexibility index (Phi) is 26.1. The van der Waals surface area contributed by atoms with Crippen molar-refractivity contribution in [2.45, 2.75) is 185 Å². The van der Waals surface area contributed by atoms with Crippen LogP contribution in [0.25, 0.3) is 21.5 Å². The van der Waals surface area contributed by atoms with Crippen molar-refractivity contribution in [3.05, 3.63) is 219 Å². The van der Waals surface area contributed by atoms with Crippen LogP contribution in [0.3, 0.4) is 0 Å². The Morgan fingerprint density at radius 2 is 1.10 bits per heavy atom. The van der Waals surface area contributed by atoms with Crippen molar-refractivity contribution < 1.29 is 48.0 Å². The highest BCUT2D eigenvalue weighted by Gasteiger charge is 2.49. The van der Waals surface area contributed by atoms with Gasteiger partial charge in [0.15, 0.2) is 11.6 Å². The molecule has 133 heavy (non-hydrogen) atoms. The summed E-state index contributed by atoms with van der Waals surface area (Å²) in [5, 5.41) is 53.9. The van der Waals surface area contributed by atoms with Gasteiger partial charge in [0.05, 0.1) is 91.3 Å². The summed E-state index contributed by atoms with van der Waals surface area (Å²) in [5.41, 5.74) is 12.2. The monoisotopic (exact) mass is 1820 g/mol. The number of hydrogen-bond acceptors (Lipinski definition) is 26. The average Bonchev–Trinajstić information content (AvgIpc) is 1.56. The molecule has 3 aromatic heterocycles. The quantitative estimate of drug-likeness (QED) is 0.0669. The minimum absolute atomic E-state index is 0.0294. The number of anilines is 3. The number of rotatable bonds is 20. The molecule has 30 nitrogen and oxygen atoms in total. The number of phenols is 2. The molecule has 7 atom stereocenters. The number of aromatic nitrogens is 6. The maximum Gasteiger partial charge on any atom is 0.324 e. The Bertz CT molecular complexity index is 6230. The summed E-state index contributed by atoms with van der Waals surface area (Å²) in [6, 6.07) is 38.1. The van der Waals surface area contributed by atoms with Crippen LogP contribution in [0.5, 0.6) is 35.3 Å². The third-order valence-electron chi connectivity index (χ3n) is 28.8. The molecule has 5 fully saturated rings. The van der Waals surface area contributed by atoms with E-state index < -0.39 is 11.4 Å². The van der Waals surface area contributed by atoms with Crippen LogP contribution in [0.15, 0.2) is 135 Å². The van der Waals surface area contributed by atoms with E-state index in [1.807, 2.05) is 48.5 Å². The maximum absolute atomic E-state index is 14.1. The average molecular weight is 1820 g/mol. The van der Waals surface area contributed by atoms with E-state index in [4.69, 9.17) is 55.7 Å². The summed E-state index contributed by atoms with van der Waals surface area (Å²) >= 11 is 6.59. The molecular formula is C101H111ClFN21O9. The van der Waals surface area contributed by atoms with E-state index in [2.05, 4.69) is 136 Å². The molecule has 9 aliphatic heterocycles. The molecule has 0 bridgehead atoms. The minimum atomic E-state index is -0.586. The fourth-order valence-electron chi connectivity index (χ4n) is 21.8. The Balaban J connectivity index is 0.000000134. The van der Waals surface area contributed by atoms with Gasteiger partial charge in [0.25, 0.3) is 5.91 Å². The number of phenolic OH excluding ortho intramolecular Hbond substituents is 2. The summed E-state index contributed by atoms with van der Waals surface area (Å²) in [6.45, 7) is 31.1. The zero-order chi connectivity index (χ0) is 92.8. The summed E-state index contributed by atoms with van der Waals surface area (Å²) in [7, 11) is 2.10. The lowest BCUT2D eigenvalue weighted by Gasteiger charge is -2.41. The second kappa shape index (κ2) is 38.3. The lowest BCUT2D eigenvalue weighted by Crippen LogP contribution is -2.55. The topological polar surface area (TPSA) is 324 Å². The second-order valence-electron chi connectivity index (χ2n) is 37.1. The molecule has 9 aromatic rings. The molecule has 6 aromatic carbocycles. The first kappa shape index (κ1) is 90.6. The number of aromatic hydroxyl groups is 2. The van der Waals surface area contributed by atoms with E-state index >= 15 is 0 Å². The first-order chi connectivity index (χ1) is 64.4. The van der Waals surface area contributed by atoms with Crippen LogP contribution in [0, 0.1) is 39.8 Å². The normalized spacial score (nSPS) is 21.9. The number of piperazine rings is 3. The fourth-order valence-corrected chi connectivity index (χ4v) is 22.1. The van der Waals surface area contributed by atoms with E-state index in [0.717, 1.165) is 161 Å². The number of carbonyl (C=O) groups excluding carboxylic acids is 4.